The van der Waals surface area contributed by atoms with Gasteiger partial charge in [-0.15, -0.1) is 0 Å². The van der Waals surface area contributed by atoms with Crippen molar-refractivity contribution >= 4 is 5.91 Å². The Balaban J connectivity index is 1.43. The van der Waals surface area contributed by atoms with E-state index in [4.69, 9.17) is 4.74 Å². The molecule has 1 saturated heterocycles. The third kappa shape index (κ3) is 3.10. The minimum Gasteiger partial charge on any atom is -0.380 e. The molecular weight excluding hydrogens is 316 g/mol. The molecule has 0 spiro atoms. The number of hydrogen-bond donors (Lipinski definition) is 0. The second kappa shape index (κ2) is 6.40. The standard InChI is InChI=1S/C19H30N4O2/c1-21(2)16-9-14-11-22(12-15(14)10-17(16)25-3)18(24)19(5-6-19)13-23-8-4-7-20-23/h4,7-8,14-17H,5-6,9-13H2,1-3H3/t14-,15+,16-,17-/m1/s1. The van der Waals surface area contributed by atoms with Crippen LogP contribution in [0.5, 0.6) is 0 Å². The van der Waals surface area contributed by atoms with Crippen molar-refractivity contribution in [3.63, 3.8) is 0 Å². The van der Waals surface area contributed by atoms with E-state index in [2.05, 4.69) is 29.0 Å². The van der Waals surface area contributed by atoms with Gasteiger partial charge in [0.1, 0.15) is 0 Å². The second-order valence-electron chi connectivity index (χ2n) is 8.49. The molecule has 0 radical (unpaired) electrons. The van der Waals surface area contributed by atoms with Crippen LogP contribution in [0.1, 0.15) is 25.7 Å². The van der Waals surface area contributed by atoms with E-state index >= 15 is 0 Å². The monoisotopic (exact) mass is 346 g/mol. The molecule has 138 valence electrons. The molecular formula is C19H30N4O2. The first-order valence-electron chi connectivity index (χ1n) is 9.48. The van der Waals surface area contributed by atoms with E-state index in [1.165, 1.54) is 0 Å². The zero-order valence-electron chi connectivity index (χ0n) is 15.6. The quantitative estimate of drug-likeness (QED) is 0.810. The lowest BCUT2D eigenvalue weighted by Crippen LogP contribution is -2.47. The lowest BCUT2D eigenvalue weighted by molar-refractivity contribution is -0.136. The molecule has 2 heterocycles. The van der Waals surface area contributed by atoms with Crippen LogP contribution in [-0.4, -0.2) is 71.9 Å². The van der Waals surface area contributed by atoms with Crippen molar-refractivity contribution in [2.75, 3.05) is 34.3 Å². The third-order valence-corrected chi connectivity index (χ3v) is 6.67. The number of amides is 1. The summed E-state index contributed by atoms with van der Waals surface area (Å²) in [5.41, 5.74) is -0.193. The number of ether oxygens (including phenoxy) is 1. The molecule has 6 heteroatoms. The molecule has 1 aliphatic heterocycles. The van der Waals surface area contributed by atoms with E-state index in [9.17, 15) is 4.79 Å². The van der Waals surface area contributed by atoms with E-state index < -0.39 is 0 Å². The van der Waals surface area contributed by atoms with Crippen LogP contribution in [0.4, 0.5) is 0 Å². The molecule has 1 amide bonds. The van der Waals surface area contributed by atoms with Crippen molar-refractivity contribution in [1.82, 2.24) is 19.6 Å². The van der Waals surface area contributed by atoms with Crippen molar-refractivity contribution in [1.29, 1.82) is 0 Å². The first-order valence-corrected chi connectivity index (χ1v) is 9.48. The van der Waals surface area contributed by atoms with E-state index in [1.54, 1.807) is 6.20 Å². The number of hydrogen-bond acceptors (Lipinski definition) is 4. The fourth-order valence-corrected chi connectivity index (χ4v) is 4.98. The topological polar surface area (TPSA) is 50.6 Å². The summed E-state index contributed by atoms with van der Waals surface area (Å²) < 4.78 is 7.68. The largest absolute Gasteiger partial charge is 0.380 e. The average molecular weight is 346 g/mol. The number of carbonyl (C=O) groups excluding carboxylic acids is 1. The van der Waals surface area contributed by atoms with Gasteiger partial charge in [-0.3, -0.25) is 9.48 Å². The molecule has 25 heavy (non-hydrogen) atoms. The van der Waals surface area contributed by atoms with Crippen LogP contribution in [0.3, 0.4) is 0 Å². The summed E-state index contributed by atoms with van der Waals surface area (Å²) >= 11 is 0. The number of fused-ring (bicyclic) bond motifs is 1. The highest BCUT2D eigenvalue weighted by atomic mass is 16.5. The molecule has 2 saturated carbocycles. The highest BCUT2D eigenvalue weighted by Crippen LogP contribution is 2.50. The smallest absolute Gasteiger partial charge is 0.230 e. The van der Waals surface area contributed by atoms with Gasteiger partial charge in [-0.2, -0.15) is 5.10 Å². The van der Waals surface area contributed by atoms with Gasteiger partial charge in [-0.1, -0.05) is 0 Å². The lowest BCUT2D eigenvalue weighted by Gasteiger charge is -2.40. The molecule has 1 aromatic rings. The summed E-state index contributed by atoms with van der Waals surface area (Å²) in [5.74, 6) is 1.56. The highest BCUT2D eigenvalue weighted by molar-refractivity contribution is 5.85. The Bertz CT molecular complexity index is 611. The van der Waals surface area contributed by atoms with Crippen LogP contribution in [0.25, 0.3) is 0 Å². The van der Waals surface area contributed by atoms with Gasteiger partial charge in [-0.25, -0.2) is 0 Å². The number of carbonyl (C=O) groups is 1. The van der Waals surface area contributed by atoms with Crippen LogP contribution in [-0.2, 0) is 16.1 Å². The third-order valence-electron chi connectivity index (χ3n) is 6.67. The van der Waals surface area contributed by atoms with Crippen LogP contribution < -0.4 is 0 Å². The van der Waals surface area contributed by atoms with Gasteiger partial charge >= 0.3 is 0 Å². The molecule has 6 nitrogen and oxygen atoms in total. The Morgan fingerprint density at radius 3 is 2.56 bits per heavy atom. The second-order valence-corrected chi connectivity index (χ2v) is 8.49. The summed E-state index contributed by atoms with van der Waals surface area (Å²) in [4.78, 5) is 17.6. The highest BCUT2D eigenvalue weighted by Gasteiger charge is 2.54. The number of aromatic nitrogens is 2. The van der Waals surface area contributed by atoms with E-state index in [1.807, 2.05) is 24.1 Å². The Hall–Kier alpha value is -1.40. The minimum absolute atomic E-state index is 0.193. The van der Waals surface area contributed by atoms with Crippen molar-refractivity contribution in [3.8, 4) is 0 Å². The molecule has 0 aromatic carbocycles. The molecule has 2 aliphatic carbocycles. The lowest BCUT2D eigenvalue weighted by atomic mass is 9.77. The predicted molar refractivity (Wildman–Crippen MR) is 95.0 cm³/mol. The van der Waals surface area contributed by atoms with Gasteiger partial charge < -0.3 is 14.5 Å². The minimum atomic E-state index is -0.193. The van der Waals surface area contributed by atoms with Gasteiger partial charge in [0.25, 0.3) is 0 Å². The van der Waals surface area contributed by atoms with Crippen molar-refractivity contribution < 1.29 is 9.53 Å². The van der Waals surface area contributed by atoms with E-state index in [-0.39, 0.29) is 11.5 Å². The van der Waals surface area contributed by atoms with Gasteiger partial charge in [0.2, 0.25) is 5.91 Å². The molecule has 0 bridgehead atoms. The number of methoxy groups -OCH3 is 1. The molecule has 4 rings (SSSR count). The van der Waals surface area contributed by atoms with Crippen LogP contribution in [0.15, 0.2) is 18.5 Å². The number of nitrogens with zero attached hydrogens (tertiary/aromatic N) is 4. The molecule has 3 fully saturated rings. The molecule has 1 aromatic heterocycles. The van der Waals surface area contributed by atoms with Gasteiger partial charge in [0.15, 0.2) is 0 Å². The summed E-state index contributed by atoms with van der Waals surface area (Å²) in [6.07, 6.45) is 8.23. The first kappa shape index (κ1) is 17.0. The summed E-state index contributed by atoms with van der Waals surface area (Å²) in [6, 6.07) is 2.39. The van der Waals surface area contributed by atoms with Gasteiger partial charge in [0.05, 0.1) is 18.1 Å². The van der Waals surface area contributed by atoms with Crippen LogP contribution >= 0.6 is 0 Å². The first-order chi connectivity index (χ1) is 12.0. The fraction of sp³-hybridized carbons (Fsp3) is 0.789. The van der Waals surface area contributed by atoms with Gasteiger partial charge in [-0.05, 0) is 57.7 Å². The Labute approximate surface area is 150 Å². The predicted octanol–water partition coefficient (Wildman–Crippen LogP) is 1.48. The average Bonchev–Trinajstić information content (AvgIpc) is 3.02. The maximum absolute atomic E-state index is 13.2. The van der Waals surface area contributed by atoms with Crippen molar-refractivity contribution in [3.05, 3.63) is 18.5 Å². The molecule has 0 unspecified atom stereocenters. The maximum atomic E-state index is 13.2. The number of rotatable bonds is 5. The molecule has 0 N–H and O–H groups in total. The van der Waals surface area contributed by atoms with Crippen LogP contribution in [0.2, 0.25) is 0 Å². The molecule has 3 aliphatic rings. The van der Waals surface area contributed by atoms with Crippen LogP contribution in [0, 0.1) is 17.3 Å². The maximum Gasteiger partial charge on any atom is 0.230 e. The Morgan fingerprint density at radius 2 is 2.00 bits per heavy atom. The van der Waals surface area contributed by atoms with Crippen molar-refractivity contribution in [2.45, 2.75) is 44.4 Å². The fourth-order valence-electron chi connectivity index (χ4n) is 4.98. The van der Waals surface area contributed by atoms with Gasteiger partial charge in [0, 0.05) is 38.6 Å². The summed E-state index contributed by atoms with van der Waals surface area (Å²) in [6.45, 7) is 2.56. The summed E-state index contributed by atoms with van der Waals surface area (Å²) in [5, 5.41) is 4.30. The van der Waals surface area contributed by atoms with E-state index in [0.29, 0.717) is 23.8 Å². The van der Waals surface area contributed by atoms with Crippen molar-refractivity contribution in [2.24, 2.45) is 17.3 Å². The number of likely N-dealkylation sites (N-methyl/N-ethyl adjacent to an activating group) is 1. The molecule has 4 atom stereocenters. The zero-order valence-corrected chi connectivity index (χ0v) is 15.6. The zero-order chi connectivity index (χ0) is 17.6. The Kier molecular flexibility index (Phi) is 4.36. The Morgan fingerprint density at radius 1 is 1.28 bits per heavy atom. The SMILES string of the molecule is CO[C@@H]1C[C@H]2CN(C(=O)C3(Cn4cccn4)CC3)C[C@H]2C[C@H]1N(C)C. The summed E-state index contributed by atoms with van der Waals surface area (Å²) in [7, 11) is 6.10. The number of likely N-dealkylation sites (tertiary alicyclic amines) is 1. The normalized spacial score (nSPS) is 33.5. The van der Waals surface area contributed by atoms with E-state index in [0.717, 1.165) is 45.3 Å².